The number of hydrogen-bond acceptors (Lipinski definition) is 0. The number of rotatable bonds is 3. The molecule has 4 bridgehead atoms. The second kappa shape index (κ2) is 7.79. The molecule has 8 rings (SSSR count). The van der Waals surface area contributed by atoms with Crippen LogP contribution in [0, 0.1) is 31.6 Å². The molecule has 0 amide bonds. The molecule has 0 N–H and O–H groups in total. The number of fused-ring (bicyclic) bond motifs is 1. The normalized spacial score (nSPS) is 27.4. The Morgan fingerprint density at radius 1 is 0.800 bits per heavy atom. The third-order valence-corrected chi connectivity index (χ3v) is 9.68. The smallest absolute Gasteiger partial charge is 0.198 e. The third kappa shape index (κ3) is 3.39. The van der Waals surface area contributed by atoms with Gasteiger partial charge in [0.15, 0.2) is 5.69 Å². The van der Waals surface area contributed by atoms with Gasteiger partial charge in [0.05, 0.1) is 12.3 Å². The van der Waals surface area contributed by atoms with Crippen molar-refractivity contribution in [3.8, 4) is 22.4 Å². The van der Waals surface area contributed by atoms with Crippen molar-refractivity contribution >= 4 is 10.8 Å². The van der Waals surface area contributed by atoms with Gasteiger partial charge in [0.1, 0.15) is 7.05 Å². The maximum Gasteiger partial charge on any atom is 0.220 e. The van der Waals surface area contributed by atoms with Gasteiger partial charge in [-0.15, -0.1) is 0 Å². The first-order valence-corrected chi connectivity index (χ1v) is 13.5. The van der Waals surface area contributed by atoms with Gasteiger partial charge in [0.2, 0.25) is 5.69 Å². The van der Waals surface area contributed by atoms with Gasteiger partial charge in [-0.3, -0.25) is 0 Å². The van der Waals surface area contributed by atoms with Crippen LogP contribution < -0.4 is 4.57 Å². The van der Waals surface area contributed by atoms with Crippen LogP contribution in [0.4, 0.5) is 0 Å². The van der Waals surface area contributed by atoms with Crippen LogP contribution in [0.15, 0.2) is 72.8 Å². The van der Waals surface area contributed by atoms with Crippen LogP contribution in [0.5, 0.6) is 0 Å². The topological polar surface area (TPSA) is 3.88 Å². The molecule has 0 spiro atoms. The van der Waals surface area contributed by atoms with Crippen molar-refractivity contribution in [2.45, 2.75) is 57.8 Å². The first kappa shape index (κ1) is 20.3. The van der Waals surface area contributed by atoms with Gasteiger partial charge in [-0.2, -0.15) is 4.57 Å². The molecule has 4 aromatic rings. The van der Waals surface area contributed by atoms with Crippen LogP contribution in [0.3, 0.4) is 0 Å². The second-order valence-electron chi connectivity index (χ2n) is 12.0. The van der Waals surface area contributed by atoms with Gasteiger partial charge < -0.3 is 0 Å². The van der Waals surface area contributed by atoms with Crippen molar-refractivity contribution in [3.63, 3.8) is 0 Å². The number of pyridine rings is 1. The molecule has 4 aliphatic rings. The highest BCUT2D eigenvalue weighted by Gasteiger charge is 2.51. The molecule has 0 radical (unpaired) electrons. The molecule has 4 aliphatic carbocycles. The molecule has 0 unspecified atom stereocenters. The van der Waals surface area contributed by atoms with Crippen LogP contribution in [-0.4, -0.2) is 0 Å². The summed E-state index contributed by atoms with van der Waals surface area (Å²) < 4.78 is 11.4. The van der Waals surface area contributed by atoms with Crippen molar-refractivity contribution < 1.29 is 5.94 Å². The molecular formula is C34H36N+. The molecule has 4 fully saturated rings. The summed E-state index contributed by atoms with van der Waals surface area (Å²) in [4.78, 5) is 0. The van der Waals surface area contributed by atoms with Gasteiger partial charge in [0, 0.05) is 13.0 Å². The second-order valence-corrected chi connectivity index (χ2v) is 12.0. The standard InChI is InChI=1S/C34H36N/c1-22-9-10-28(27-7-5-4-6-8-27)18-32(22)33-31-12-11-30(17-29(31)13-23(2)35(33)3)34-19-24-14-25(20-34)16-26(15-24)21-34/h4-13,17-18,24-26H,14-16,19-21H2,1-3H3/q+1/i13D. The van der Waals surface area contributed by atoms with Crippen molar-refractivity contribution in [2.75, 3.05) is 0 Å². The van der Waals surface area contributed by atoms with Crippen molar-refractivity contribution in [3.05, 3.63) is 89.6 Å². The number of aromatic nitrogens is 1. The van der Waals surface area contributed by atoms with Gasteiger partial charge in [-0.1, -0.05) is 54.6 Å². The average Bonchev–Trinajstić information content (AvgIpc) is 2.88. The third-order valence-electron chi connectivity index (χ3n) is 9.68. The van der Waals surface area contributed by atoms with E-state index in [9.17, 15) is 0 Å². The molecule has 4 saturated carbocycles. The van der Waals surface area contributed by atoms with E-state index in [1.807, 2.05) is 0 Å². The van der Waals surface area contributed by atoms with Crippen LogP contribution in [0.1, 0.15) is 56.7 Å². The van der Waals surface area contributed by atoms with E-state index in [1.165, 1.54) is 77.4 Å². The Labute approximate surface area is 211 Å². The van der Waals surface area contributed by atoms with Crippen molar-refractivity contribution in [1.82, 2.24) is 0 Å². The first-order chi connectivity index (χ1) is 17.4. The Kier molecular flexibility index (Phi) is 4.51. The predicted octanol–water partition coefficient (Wildman–Crippen LogP) is 8.08. The summed E-state index contributed by atoms with van der Waals surface area (Å²) in [6.07, 6.45) is 8.49. The minimum atomic E-state index is 0.352. The van der Waals surface area contributed by atoms with Crippen molar-refractivity contribution in [2.24, 2.45) is 24.8 Å². The highest BCUT2D eigenvalue weighted by atomic mass is 14.9. The molecule has 0 atom stereocenters. The molecular weight excluding hydrogens is 422 g/mol. The lowest BCUT2D eigenvalue weighted by Gasteiger charge is -2.57. The largest absolute Gasteiger partial charge is 0.220 e. The zero-order chi connectivity index (χ0) is 24.6. The quantitative estimate of drug-likeness (QED) is 0.273. The fourth-order valence-electron chi connectivity index (χ4n) is 8.29. The van der Waals surface area contributed by atoms with Crippen LogP contribution in [0.2, 0.25) is 0 Å². The molecule has 0 aliphatic heterocycles. The van der Waals surface area contributed by atoms with Gasteiger partial charge in [0.25, 0.3) is 0 Å². The molecule has 0 saturated heterocycles. The molecule has 35 heavy (non-hydrogen) atoms. The summed E-state index contributed by atoms with van der Waals surface area (Å²) in [7, 11) is 2.13. The predicted molar refractivity (Wildman–Crippen MR) is 145 cm³/mol. The Hall–Kier alpha value is -2.93. The lowest BCUT2D eigenvalue weighted by molar-refractivity contribution is -0.665. The van der Waals surface area contributed by atoms with E-state index < -0.39 is 0 Å². The highest BCUT2D eigenvalue weighted by molar-refractivity contribution is 5.95. The highest BCUT2D eigenvalue weighted by Crippen LogP contribution is 2.60. The zero-order valence-electron chi connectivity index (χ0n) is 22.3. The van der Waals surface area contributed by atoms with Crippen molar-refractivity contribution in [1.29, 1.82) is 0 Å². The maximum absolute atomic E-state index is 9.13. The monoisotopic (exact) mass is 459 g/mol. The summed E-state index contributed by atoms with van der Waals surface area (Å²) >= 11 is 0. The summed E-state index contributed by atoms with van der Waals surface area (Å²) in [5.41, 5.74) is 9.13. The number of nitrogens with zero attached hydrogens (tertiary/aromatic N) is 1. The number of hydrogen-bond donors (Lipinski definition) is 0. The zero-order valence-corrected chi connectivity index (χ0v) is 21.3. The molecule has 1 heteroatoms. The minimum absolute atomic E-state index is 0.352. The Morgan fingerprint density at radius 2 is 1.49 bits per heavy atom. The molecule has 176 valence electrons. The number of aryl methyl sites for hydroxylation is 1. The fourth-order valence-corrected chi connectivity index (χ4v) is 8.29. The van der Waals surface area contributed by atoms with E-state index in [0.717, 1.165) is 28.8 Å². The first-order valence-electron chi connectivity index (χ1n) is 14.0. The summed E-state index contributed by atoms with van der Waals surface area (Å²) in [6, 6.07) is 25.4. The van der Waals surface area contributed by atoms with Gasteiger partial charge in [-0.05, 0) is 108 Å². The van der Waals surface area contributed by atoms with E-state index in [1.54, 1.807) is 0 Å². The van der Waals surface area contributed by atoms with Gasteiger partial charge in [-0.25, -0.2) is 0 Å². The number of benzene rings is 3. The van der Waals surface area contributed by atoms with E-state index in [2.05, 4.69) is 92.2 Å². The Balaban J connectivity index is 1.42. The minimum Gasteiger partial charge on any atom is -0.198 e. The van der Waals surface area contributed by atoms with Crippen LogP contribution >= 0.6 is 0 Å². The lowest BCUT2D eigenvalue weighted by atomic mass is 9.48. The fraction of sp³-hybridized carbons (Fsp3) is 0.382. The lowest BCUT2D eigenvalue weighted by Crippen LogP contribution is -2.48. The summed E-state index contributed by atoms with van der Waals surface area (Å²) in [5, 5.41) is 2.33. The molecule has 1 aromatic heterocycles. The SMILES string of the molecule is [2H]c1c(C)[n+](C)c(-c2cc(-c3ccccc3)ccc2C)c2ccc(C34CC5CC(CC(C5)C3)C4)cc12. The molecule has 3 aromatic carbocycles. The Morgan fingerprint density at radius 3 is 2.17 bits per heavy atom. The van der Waals surface area contributed by atoms with Crippen LogP contribution in [-0.2, 0) is 12.5 Å². The average molecular weight is 460 g/mol. The maximum atomic E-state index is 9.13. The molecule has 1 heterocycles. The van der Waals surface area contributed by atoms with Crippen LogP contribution in [0.25, 0.3) is 33.2 Å². The van der Waals surface area contributed by atoms with E-state index >= 15 is 0 Å². The molecule has 1 nitrogen and oxygen atoms in total. The summed E-state index contributed by atoms with van der Waals surface area (Å²) in [5.74, 6) is 2.78. The van der Waals surface area contributed by atoms with E-state index in [4.69, 9.17) is 1.37 Å². The van der Waals surface area contributed by atoms with E-state index in [-0.39, 0.29) is 0 Å². The summed E-state index contributed by atoms with van der Waals surface area (Å²) in [6.45, 7) is 4.32. The Bertz CT molecular complexity index is 1460. The van der Waals surface area contributed by atoms with Gasteiger partial charge >= 0.3 is 0 Å². The van der Waals surface area contributed by atoms with E-state index in [0.29, 0.717) is 11.5 Å².